The van der Waals surface area contributed by atoms with Gasteiger partial charge in [-0.15, -0.1) is 0 Å². The summed E-state index contributed by atoms with van der Waals surface area (Å²) in [7, 11) is 1.64. The molecule has 6 nitrogen and oxygen atoms in total. The number of aromatic nitrogens is 2. The quantitative estimate of drug-likeness (QED) is 0.673. The van der Waals surface area contributed by atoms with Gasteiger partial charge in [0.1, 0.15) is 17.9 Å². The van der Waals surface area contributed by atoms with Crippen LogP contribution in [0, 0.1) is 0 Å². The third-order valence-electron chi connectivity index (χ3n) is 5.39. The number of piperidine rings is 1. The Bertz CT molecular complexity index is 981. The van der Waals surface area contributed by atoms with Crippen molar-refractivity contribution >= 4 is 11.7 Å². The second-order valence-electron chi connectivity index (χ2n) is 7.42. The van der Waals surface area contributed by atoms with Gasteiger partial charge in [0, 0.05) is 36.8 Å². The first-order valence-electron chi connectivity index (χ1n) is 10.3. The van der Waals surface area contributed by atoms with Crippen molar-refractivity contribution in [3.8, 4) is 17.0 Å². The van der Waals surface area contributed by atoms with E-state index in [0.29, 0.717) is 12.1 Å². The summed E-state index contributed by atoms with van der Waals surface area (Å²) >= 11 is 0. The van der Waals surface area contributed by atoms with Gasteiger partial charge >= 0.3 is 0 Å². The highest BCUT2D eigenvalue weighted by atomic mass is 16.5. The topological polar surface area (TPSA) is 67.3 Å². The molecular weight excluding hydrogens is 376 g/mol. The lowest BCUT2D eigenvalue weighted by Gasteiger charge is -2.27. The predicted octanol–water partition coefficient (Wildman–Crippen LogP) is 4.07. The molecular formula is C24H26N4O2. The molecule has 1 N–H and O–H groups in total. The van der Waals surface area contributed by atoms with Gasteiger partial charge in [-0.2, -0.15) is 0 Å². The summed E-state index contributed by atoms with van der Waals surface area (Å²) < 4.78 is 5.15. The smallest absolute Gasteiger partial charge is 0.251 e. The molecule has 1 aliphatic rings. The molecule has 0 saturated carbocycles. The van der Waals surface area contributed by atoms with E-state index in [1.807, 2.05) is 54.6 Å². The fourth-order valence-electron chi connectivity index (χ4n) is 3.62. The van der Waals surface area contributed by atoms with Crippen molar-refractivity contribution in [3.63, 3.8) is 0 Å². The minimum Gasteiger partial charge on any atom is -0.497 e. The summed E-state index contributed by atoms with van der Waals surface area (Å²) in [6, 6.07) is 17.2. The summed E-state index contributed by atoms with van der Waals surface area (Å²) in [5, 5.41) is 2.95. The Labute approximate surface area is 176 Å². The number of nitrogens with zero attached hydrogens (tertiary/aromatic N) is 3. The van der Waals surface area contributed by atoms with Crippen molar-refractivity contribution in [1.82, 2.24) is 15.3 Å². The van der Waals surface area contributed by atoms with E-state index < -0.39 is 0 Å². The number of ether oxygens (including phenoxy) is 1. The van der Waals surface area contributed by atoms with E-state index in [1.54, 1.807) is 13.4 Å². The molecule has 0 bridgehead atoms. The first-order chi connectivity index (χ1) is 14.7. The average molecular weight is 402 g/mol. The van der Waals surface area contributed by atoms with E-state index in [0.717, 1.165) is 41.5 Å². The molecule has 3 aromatic rings. The molecule has 4 rings (SSSR count). The molecule has 1 aromatic heterocycles. The highest BCUT2D eigenvalue weighted by molar-refractivity contribution is 5.94. The van der Waals surface area contributed by atoms with E-state index in [-0.39, 0.29) is 5.91 Å². The van der Waals surface area contributed by atoms with Crippen LogP contribution in [0.25, 0.3) is 11.3 Å². The van der Waals surface area contributed by atoms with Crippen LogP contribution in [-0.4, -0.2) is 36.1 Å². The number of hydrogen-bond donors (Lipinski definition) is 1. The van der Waals surface area contributed by atoms with E-state index in [4.69, 9.17) is 4.74 Å². The standard InChI is InChI=1S/C24H26N4O2/c1-30-21-11-5-18(6-12-21)16-25-24(29)20-9-7-19(8-10-20)22-15-23(27-17-26-22)28-13-3-2-4-14-28/h5-12,15,17H,2-4,13-14,16H2,1H3,(H,25,29). The van der Waals surface area contributed by atoms with Gasteiger partial charge in [0.25, 0.3) is 5.91 Å². The molecule has 154 valence electrons. The van der Waals surface area contributed by atoms with Crippen molar-refractivity contribution in [2.75, 3.05) is 25.1 Å². The number of methoxy groups -OCH3 is 1. The van der Waals surface area contributed by atoms with Gasteiger partial charge in [-0.25, -0.2) is 9.97 Å². The lowest BCUT2D eigenvalue weighted by Crippen LogP contribution is -2.30. The van der Waals surface area contributed by atoms with E-state index in [1.165, 1.54) is 19.3 Å². The number of nitrogens with one attached hydrogen (secondary N) is 1. The van der Waals surface area contributed by atoms with Gasteiger partial charge in [0.15, 0.2) is 0 Å². The molecule has 2 heterocycles. The number of carbonyl (C=O) groups excluding carboxylic acids is 1. The highest BCUT2D eigenvalue weighted by Crippen LogP contribution is 2.23. The fourth-order valence-corrected chi connectivity index (χ4v) is 3.62. The van der Waals surface area contributed by atoms with Gasteiger partial charge in [-0.3, -0.25) is 4.79 Å². The maximum absolute atomic E-state index is 12.5. The third kappa shape index (κ3) is 4.76. The predicted molar refractivity (Wildman–Crippen MR) is 118 cm³/mol. The molecule has 0 radical (unpaired) electrons. The molecule has 1 fully saturated rings. The van der Waals surface area contributed by atoms with E-state index in [9.17, 15) is 4.79 Å². The number of benzene rings is 2. The summed E-state index contributed by atoms with van der Waals surface area (Å²) in [5.41, 5.74) is 3.49. The Morgan fingerprint density at radius 1 is 1.00 bits per heavy atom. The number of anilines is 1. The molecule has 6 heteroatoms. The number of amides is 1. The first kappa shape index (κ1) is 19.9. The van der Waals surface area contributed by atoms with Crippen molar-refractivity contribution in [3.05, 3.63) is 72.1 Å². The second-order valence-corrected chi connectivity index (χ2v) is 7.42. The largest absolute Gasteiger partial charge is 0.497 e. The Morgan fingerprint density at radius 2 is 1.73 bits per heavy atom. The SMILES string of the molecule is COc1ccc(CNC(=O)c2ccc(-c3cc(N4CCCCC4)ncn3)cc2)cc1. The van der Waals surface area contributed by atoms with Crippen LogP contribution >= 0.6 is 0 Å². The average Bonchev–Trinajstić information content (AvgIpc) is 2.83. The van der Waals surface area contributed by atoms with Crippen molar-refractivity contribution in [2.45, 2.75) is 25.8 Å². The summed E-state index contributed by atoms with van der Waals surface area (Å²) in [6.07, 6.45) is 5.32. The van der Waals surface area contributed by atoms with Gasteiger partial charge < -0.3 is 15.0 Å². The zero-order chi connectivity index (χ0) is 20.8. The first-order valence-corrected chi connectivity index (χ1v) is 10.3. The van der Waals surface area contributed by atoms with E-state index in [2.05, 4.69) is 20.2 Å². The minimum absolute atomic E-state index is 0.103. The lowest BCUT2D eigenvalue weighted by molar-refractivity contribution is 0.0951. The number of carbonyl (C=O) groups is 1. The molecule has 1 aliphatic heterocycles. The van der Waals surface area contributed by atoms with Crippen LogP contribution in [0.1, 0.15) is 35.2 Å². The molecule has 0 spiro atoms. The molecule has 0 unspecified atom stereocenters. The van der Waals surface area contributed by atoms with Gasteiger partial charge in [-0.05, 0) is 49.1 Å². The summed E-state index contributed by atoms with van der Waals surface area (Å²) in [5.74, 6) is 1.67. The molecule has 0 atom stereocenters. The normalized spacial score (nSPS) is 13.7. The van der Waals surface area contributed by atoms with Crippen LogP contribution in [-0.2, 0) is 6.54 Å². The van der Waals surface area contributed by atoms with Crippen molar-refractivity contribution in [1.29, 1.82) is 0 Å². The maximum Gasteiger partial charge on any atom is 0.251 e. The second kappa shape index (κ2) is 9.39. The Balaban J connectivity index is 1.40. The minimum atomic E-state index is -0.103. The molecule has 30 heavy (non-hydrogen) atoms. The van der Waals surface area contributed by atoms with Crippen LogP contribution in [0.4, 0.5) is 5.82 Å². The van der Waals surface area contributed by atoms with Crippen LogP contribution in [0.2, 0.25) is 0 Å². The summed E-state index contributed by atoms with van der Waals surface area (Å²) in [6.45, 7) is 2.56. The van der Waals surface area contributed by atoms with Crippen LogP contribution in [0.3, 0.4) is 0 Å². The van der Waals surface area contributed by atoms with Gasteiger partial charge in [0.05, 0.1) is 12.8 Å². The number of hydrogen-bond acceptors (Lipinski definition) is 5. The maximum atomic E-state index is 12.5. The molecule has 2 aromatic carbocycles. The lowest BCUT2D eigenvalue weighted by atomic mass is 10.1. The van der Waals surface area contributed by atoms with Crippen LogP contribution < -0.4 is 15.0 Å². The molecule has 1 amide bonds. The third-order valence-corrected chi connectivity index (χ3v) is 5.39. The van der Waals surface area contributed by atoms with Gasteiger partial charge in [0.2, 0.25) is 0 Å². The zero-order valence-electron chi connectivity index (χ0n) is 17.2. The Kier molecular flexibility index (Phi) is 6.23. The van der Waals surface area contributed by atoms with Gasteiger partial charge in [-0.1, -0.05) is 24.3 Å². The number of rotatable bonds is 6. The highest BCUT2D eigenvalue weighted by Gasteiger charge is 2.13. The fraction of sp³-hybridized carbons (Fsp3) is 0.292. The van der Waals surface area contributed by atoms with Crippen molar-refractivity contribution < 1.29 is 9.53 Å². The van der Waals surface area contributed by atoms with Crippen LogP contribution in [0.5, 0.6) is 5.75 Å². The Morgan fingerprint density at radius 3 is 2.43 bits per heavy atom. The molecule has 0 aliphatic carbocycles. The zero-order valence-corrected chi connectivity index (χ0v) is 17.2. The van der Waals surface area contributed by atoms with E-state index >= 15 is 0 Å². The van der Waals surface area contributed by atoms with Crippen LogP contribution in [0.15, 0.2) is 60.9 Å². The monoisotopic (exact) mass is 402 g/mol. The summed E-state index contributed by atoms with van der Waals surface area (Å²) in [4.78, 5) is 23.7. The Hall–Kier alpha value is -3.41. The molecule has 1 saturated heterocycles. The van der Waals surface area contributed by atoms with Crippen molar-refractivity contribution in [2.24, 2.45) is 0 Å².